The fourth-order valence-corrected chi connectivity index (χ4v) is 2.63. The van der Waals surface area contributed by atoms with E-state index >= 15 is 0 Å². The summed E-state index contributed by atoms with van der Waals surface area (Å²) in [5.41, 5.74) is 0. The van der Waals surface area contributed by atoms with E-state index in [2.05, 4.69) is 4.74 Å². The summed E-state index contributed by atoms with van der Waals surface area (Å²) in [4.78, 5) is 24.4. The molecular formula is C17H17F5O5. The summed E-state index contributed by atoms with van der Waals surface area (Å²) in [5.74, 6) is -18.4. The maximum atomic E-state index is 13.7. The van der Waals surface area contributed by atoms with Crippen molar-refractivity contribution in [2.45, 2.75) is 46.0 Å². The van der Waals surface area contributed by atoms with Crippen molar-refractivity contribution >= 4 is 11.9 Å². The highest BCUT2D eigenvalue weighted by Crippen LogP contribution is 2.34. The molecule has 1 aliphatic rings. The molecule has 1 fully saturated rings. The number of cyclic esters (lactones) is 1. The number of carbonyl (C=O) groups excluding carboxylic acids is 2. The molecule has 1 heterocycles. The van der Waals surface area contributed by atoms with Crippen molar-refractivity contribution in [2.75, 3.05) is 0 Å². The Morgan fingerprint density at radius 3 is 1.93 bits per heavy atom. The lowest BCUT2D eigenvalue weighted by molar-refractivity contribution is -0.163. The van der Waals surface area contributed by atoms with Gasteiger partial charge in [0.05, 0.1) is 5.92 Å². The van der Waals surface area contributed by atoms with Crippen molar-refractivity contribution in [3.05, 3.63) is 29.1 Å². The van der Waals surface area contributed by atoms with Crippen molar-refractivity contribution in [3.8, 4) is 5.75 Å². The zero-order valence-electron chi connectivity index (χ0n) is 14.9. The third-order valence-corrected chi connectivity index (χ3v) is 3.76. The largest absolute Gasteiger partial charge is 0.432 e. The zero-order chi connectivity index (χ0) is 20.7. The summed E-state index contributed by atoms with van der Waals surface area (Å²) in [6, 6.07) is 0. The highest BCUT2D eigenvalue weighted by Gasteiger charge is 2.48. The maximum Gasteiger partial charge on any atom is 0.338 e. The van der Waals surface area contributed by atoms with Crippen LogP contribution in [0.25, 0.3) is 0 Å². The van der Waals surface area contributed by atoms with E-state index in [0.29, 0.717) is 0 Å². The molecular weight excluding hydrogens is 379 g/mol. The number of esters is 2. The van der Waals surface area contributed by atoms with Crippen molar-refractivity contribution in [3.63, 3.8) is 0 Å². The van der Waals surface area contributed by atoms with Crippen LogP contribution in [0.5, 0.6) is 5.75 Å². The molecule has 150 valence electrons. The van der Waals surface area contributed by atoms with E-state index < -0.39 is 64.6 Å². The van der Waals surface area contributed by atoms with Gasteiger partial charge in [-0.25, -0.2) is 18.0 Å². The lowest BCUT2D eigenvalue weighted by Gasteiger charge is -2.22. The van der Waals surface area contributed by atoms with E-state index in [1.807, 2.05) is 0 Å². The molecule has 0 aliphatic carbocycles. The highest BCUT2D eigenvalue weighted by molar-refractivity contribution is 5.86. The number of hydrogen-bond acceptors (Lipinski definition) is 5. The van der Waals surface area contributed by atoms with Gasteiger partial charge in [0.15, 0.2) is 6.10 Å². The average Bonchev–Trinajstić information content (AvgIpc) is 2.85. The number of halogens is 5. The van der Waals surface area contributed by atoms with E-state index in [1.54, 1.807) is 13.8 Å². The van der Waals surface area contributed by atoms with Crippen LogP contribution in [-0.2, 0) is 19.1 Å². The SMILES string of the molecule is CC(C)C[C@H](C(=O)Oc1c(F)c(F)c(F)c(F)c1F)[C@H]1OC(C)(C)OC1=O. The Bertz CT molecular complexity index is 748. The Kier molecular flexibility index (Phi) is 5.79. The van der Waals surface area contributed by atoms with E-state index in [1.165, 1.54) is 13.8 Å². The van der Waals surface area contributed by atoms with Gasteiger partial charge < -0.3 is 14.2 Å². The molecule has 1 saturated heterocycles. The molecule has 27 heavy (non-hydrogen) atoms. The maximum absolute atomic E-state index is 13.7. The van der Waals surface area contributed by atoms with Gasteiger partial charge >= 0.3 is 11.9 Å². The number of carbonyl (C=O) groups is 2. The smallest absolute Gasteiger partial charge is 0.338 e. The van der Waals surface area contributed by atoms with Gasteiger partial charge in [-0.3, -0.25) is 4.79 Å². The fraction of sp³-hybridized carbons (Fsp3) is 0.529. The van der Waals surface area contributed by atoms with Crippen LogP contribution >= 0.6 is 0 Å². The normalized spacial score (nSPS) is 19.9. The molecule has 0 spiro atoms. The molecule has 0 aromatic heterocycles. The summed E-state index contributed by atoms with van der Waals surface area (Å²) >= 11 is 0. The Morgan fingerprint density at radius 1 is 1.04 bits per heavy atom. The van der Waals surface area contributed by atoms with E-state index in [9.17, 15) is 31.5 Å². The molecule has 0 amide bonds. The van der Waals surface area contributed by atoms with Gasteiger partial charge in [0.25, 0.3) is 0 Å². The predicted molar refractivity (Wildman–Crippen MR) is 79.9 cm³/mol. The summed E-state index contributed by atoms with van der Waals surface area (Å²) < 4.78 is 81.9. The van der Waals surface area contributed by atoms with E-state index in [4.69, 9.17) is 9.47 Å². The topological polar surface area (TPSA) is 61.8 Å². The Balaban J connectivity index is 2.37. The number of rotatable bonds is 5. The number of hydrogen-bond donors (Lipinski definition) is 0. The summed E-state index contributed by atoms with van der Waals surface area (Å²) in [7, 11) is 0. The van der Waals surface area contributed by atoms with Crippen molar-refractivity contribution in [1.29, 1.82) is 0 Å². The molecule has 1 aromatic rings. The average molecular weight is 396 g/mol. The van der Waals surface area contributed by atoms with Gasteiger partial charge in [0.1, 0.15) is 0 Å². The van der Waals surface area contributed by atoms with Gasteiger partial charge in [0, 0.05) is 13.8 Å². The second kappa shape index (κ2) is 7.41. The summed E-state index contributed by atoms with van der Waals surface area (Å²) in [6.07, 6.45) is -1.47. The third-order valence-electron chi connectivity index (χ3n) is 3.76. The van der Waals surface area contributed by atoms with Gasteiger partial charge in [-0.15, -0.1) is 0 Å². The molecule has 1 aromatic carbocycles. The third kappa shape index (κ3) is 4.20. The van der Waals surface area contributed by atoms with Gasteiger partial charge in [-0.05, 0) is 12.3 Å². The van der Waals surface area contributed by atoms with Crippen LogP contribution in [0.15, 0.2) is 0 Å². The first-order valence-corrected chi connectivity index (χ1v) is 7.99. The lowest BCUT2D eigenvalue weighted by atomic mass is 9.92. The standard InChI is InChI=1S/C17H17F5O5/c1-6(2)5-7(13-16(24)27-17(3,4)26-13)15(23)25-14-11(21)9(19)8(18)10(20)12(14)22/h6-7,13H,5H2,1-4H3/t7-,13+/m0/s1. The molecule has 2 rings (SSSR count). The van der Waals surface area contributed by atoms with Crippen LogP contribution < -0.4 is 4.74 Å². The first-order valence-electron chi connectivity index (χ1n) is 7.99. The first kappa shape index (κ1) is 21.1. The van der Waals surface area contributed by atoms with Crippen LogP contribution in [0.2, 0.25) is 0 Å². The predicted octanol–water partition coefficient (Wildman–Crippen LogP) is 3.63. The van der Waals surface area contributed by atoms with Crippen LogP contribution in [0.1, 0.15) is 34.1 Å². The Morgan fingerprint density at radius 2 is 1.52 bits per heavy atom. The molecule has 0 radical (unpaired) electrons. The minimum absolute atomic E-state index is 0.0237. The fourth-order valence-electron chi connectivity index (χ4n) is 2.63. The minimum atomic E-state index is -2.38. The molecule has 2 atom stereocenters. The quantitative estimate of drug-likeness (QED) is 0.250. The number of ether oxygens (including phenoxy) is 3. The van der Waals surface area contributed by atoms with Crippen molar-refractivity contribution in [1.82, 2.24) is 0 Å². The van der Waals surface area contributed by atoms with Crippen LogP contribution in [0, 0.1) is 40.9 Å². The van der Waals surface area contributed by atoms with Gasteiger partial charge in [-0.2, -0.15) is 8.78 Å². The second-order valence-electron chi connectivity index (χ2n) is 6.92. The van der Waals surface area contributed by atoms with Crippen molar-refractivity contribution < 1.29 is 45.8 Å². The minimum Gasteiger partial charge on any atom is -0.432 e. The van der Waals surface area contributed by atoms with Crippen LogP contribution in [0.3, 0.4) is 0 Å². The van der Waals surface area contributed by atoms with Gasteiger partial charge in [-0.1, -0.05) is 13.8 Å². The molecule has 0 unspecified atom stereocenters. The lowest BCUT2D eigenvalue weighted by Crippen LogP contribution is -2.37. The number of benzene rings is 1. The van der Waals surface area contributed by atoms with E-state index in [-0.39, 0.29) is 12.3 Å². The molecule has 0 saturated carbocycles. The summed E-state index contributed by atoms with van der Waals surface area (Å²) in [5, 5.41) is 0. The van der Waals surface area contributed by atoms with Crippen molar-refractivity contribution in [2.24, 2.45) is 11.8 Å². The molecule has 1 aliphatic heterocycles. The highest BCUT2D eigenvalue weighted by atomic mass is 19.2. The monoisotopic (exact) mass is 396 g/mol. The Labute approximate surface area is 151 Å². The molecule has 5 nitrogen and oxygen atoms in total. The first-order chi connectivity index (χ1) is 12.4. The van der Waals surface area contributed by atoms with Crippen LogP contribution in [-0.4, -0.2) is 23.8 Å². The molecule has 0 N–H and O–H groups in total. The van der Waals surface area contributed by atoms with Crippen LogP contribution in [0.4, 0.5) is 22.0 Å². The summed E-state index contributed by atoms with van der Waals surface area (Å²) in [6.45, 7) is 6.19. The van der Waals surface area contributed by atoms with E-state index in [0.717, 1.165) is 0 Å². The molecule has 10 heteroatoms. The van der Waals surface area contributed by atoms with Gasteiger partial charge in [0.2, 0.25) is 40.6 Å². The molecule has 0 bridgehead atoms. The Hall–Kier alpha value is -2.23. The zero-order valence-corrected chi connectivity index (χ0v) is 14.9. The second-order valence-corrected chi connectivity index (χ2v) is 6.92.